The molecule has 12 heteroatoms. The van der Waals surface area contributed by atoms with Gasteiger partial charge in [-0.3, -0.25) is 13.9 Å². The molecule has 7 nitrogen and oxygen atoms in total. The van der Waals surface area contributed by atoms with Gasteiger partial charge in [-0.1, -0.05) is 48.9 Å². The Balaban J connectivity index is 1.77. The molecule has 4 rings (SSSR count). The Hall–Kier alpha value is -2.43. The third-order valence-electron chi connectivity index (χ3n) is 6.54. The number of carbonyl (C=O) groups is 2. The molecule has 1 atom stereocenters. The van der Waals surface area contributed by atoms with Crippen LogP contribution >= 0.6 is 23.2 Å². The van der Waals surface area contributed by atoms with E-state index in [-0.39, 0.29) is 37.9 Å². The van der Waals surface area contributed by atoms with Crippen molar-refractivity contribution in [2.45, 2.75) is 68.8 Å². The number of hydrogen-bond donors (Lipinski definition) is 2. The second-order valence-corrected chi connectivity index (χ2v) is 11.6. The molecule has 2 aromatic carbocycles. The number of fused-ring (bicyclic) bond motifs is 1. The minimum absolute atomic E-state index is 0.0797. The van der Waals surface area contributed by atoms with Gasteiger partial charge in [0.2, 0.25) is 11.8 Å². The highest BCUT2D eigenvalue weighted by molar-refractivity contribution is 7.93. The molecule has 1 aliphatic heterocycles. The fourth-order valence-corrected chi connectivity index (χ4v) is 7.02. The van der Waals surface area contributed by atoms with Crippen molar-refractivity contribution in [3.05, 3.63) is 51.5 Å². The van der Waals surface area contributed by atoms with Gasteiger partial charge in [0.15, 0.2) is 11.6 Å². The second kappa shape index (κ2) is 10.5. The number of halogens is 4. The van der Waals surface area contributed by atoms with Gasteiger partial charge in [-0.05, 0) is 37.5 Å². The van der Waals surface area contributed by atoms with E-state index < -0.39 is 45.9 Å². The van der Waals surface area contributed by atoms with E-state index in [1.165, 1.54) is 19.1 Å². The van der Waals surface area contributed by atoms with Crippen LogP contribution in [0.5, 0.6) is 0 Å². The molecule has 1 heterocycles. The van der Waals surface area contributed by atoms with Crippen LogP contribution in [-0.2, 0) is 19.6 Å². The van der Waals surface area contributed by atoms with Crippen molar-refractivity contribution in [2.24, 2.45) is 0 Å². The first-order valence-corrected chi connectivity index (χ1v) is 13.8. The van der Waals surface area contributed by atoms with Gasteiger partial charge in [-0.25, -0.2) is 17.2 Å². The molecule has 2 amide bonds. The molecule has 1 unspecified atom stereocenters. The third-order valence-corrected chi connectivity index (χ3v) is 9.41. The smallest absolute Gasteiger partial charge is 0.266 e. The molecule has 0 bridgehead atoms. The van der Waals surface area contributed by atoms with Crippen LogP contribution in [0.2, 0.25) is 10.0 Å². The van der Waals surface area contributed by atoms with Gasteiger partial charge in [-0.2, -0.15) is 0 Å². The summed E-state index contributed by atoms with van der Waals surface area (Å²) in [6, 6.07) is 2.23. The van der Waals surface area contributed by atoms with Crippen molar-refractivity contribution in [2.75, 3.05) is 9.62 Å². The topological polar surface area (TPSA) is 95.6 Å². The number of rotatable bonds is 5. The summed E-state index contributed by atoms with van der Waals surface area (Å²) in [5, 5.41) is 5.34. The van der Waals surface area contributed by atoms with Gasteiger partial charge in [0.05, 0.1) is 22.8 Å². The Bertz CT molecular complexity index is 1310. The predicted octanol–water partition coefficient (Wildman–Crippen LogP) is 5.33. The zero-order valence-corrected chi connectivity index (χ0v) is 21.7. The molecule has 1 fully saturated rings. The van der Waals surface area contributed by atoms with E-state index in [0.717, 1.165) is 38.5 Å². The third kappa shape index (κ3) is 5.17. The molecule has 2 aliphatic rings. The Morgan fingerprint density at radius 1 is 1.11 bits per heavy atom. The molecular formula is C24H25Cl2F2N3O4S. The molecule has 194 valence electrons. The van der Waals surface area contributed by atoms with E-state index in [1.807, 2.05) is 0 Å². The van der Waals surface area contributed by atoms with Crippen LogP contribution in [0.15, 0.2) is 29.2 Å². The monoisotopic (exact) mass is 559 g/mol. The Kier molecular flexibility index (Phi) is 7.78. The summed E-state index contributed by atoms with van der Waals surface area (Å²) < 4.78 is 56.6. The van der Waals surface area contributed by atoms with E-state index in [1.54, 1.807) is 0 Å². The molecule has 0 aromatic heterocycles. The number of nitrogens with one attached hydrogen (secondary N) is 2. The van der Waals surface area contributed by atoms with Crippen molar-refractivity contribution in [1.82, 2.24) is 5.32 Å². The highest BCUT2D eigenvalue weighted by atomic mass is 35.5. The first kappa shape index (κ1) is 26.6. The van der Waals surface area contributed by atoms with E-state index in [0.29, 0.717) is 16.4 Å². The average Bonchev–Trinajstić information content (AvgIpc) is 3.07. The molecule has 1 saturated carbocycles. The van der Waals surface area contributed by atoms with Crippen molar-refractivity contribution in [3.8, 4) is 0 Å². The van der Waals surface area contributed by atoms with E-state index in [4.69, 9.17) is 23.2 Å². The maximum Gasteiger partial charge on any atom is 0.266 e. The van der Waals surface area contributed by atoms with Gasteiger partial charge in [0.1, 0.15) is 10.9 Å². The predicted molar refractivity (Wildman–Crippen MR) is 134 cm³/mol. The number of benzene rings is 2. The first-order valence-electron chi connectivity index (χ1n) is 11.6. The summed E-state index contributed by atoms with van der Waals surface area (Å²) >= 11 is 12.4. The van der Waals surface area contributed by atoms with Crippen LogP contribution < -0.4 is 14.9 Å². The Morgan fingerprint density at radius 2 is 1.75 bits per heavy atom. The number of amides is 2. The number of hydrogen-bond acceptors (Lipinski definition) is 4. The average molecular weight is 560 g/mol. The molecule has 0 spiro atoms. The van der Waals surface area contributed by atoms with Crippen LogP contribution in [0.4, 0.5) is 20.2 Å². The highest BCUT2D eigenvalue weighted by Gasteiger charge is 2.43. The fourth-order valence-electron chi connectivity index (χ4n) is 4.61. The van der Waals surface area contributed by atoms with Crippen LogP contribution in [0.1, 0.15) is 50.5 Å². The van der Waals surface area contributed by atoms with Crippen LogP contribution in [0, 0.1) is 18.6 Å². The number of carbonyl (C=O) groups excluding carboxylic acids is 2. The summed E-state index contributed by atoms with van der Waals surface area (Å²) in [6.45, 7) is 1.52. The van der Waals surface area contributed by atoms with E-state index in [2.05, 4.69) is 10.6 Å². The van der Waals surface area contributed by atoms with Gasteiger partial charge in [-0.15, -0.1) is 0 Å². The molecule has 36 heavy (non-hydrogen) atoms. The van der Waals surface area contributed by atoms with Gasteiger partial charge >= 0.3 is 0 Å². The minimum atomic E-state index is -4.63. The van der Waals surface area contributed by atoms with Crippen molar-refractivity contribution in [3.63, 3.8) is 0 Å². The SMILES string of the molecule is Cc1c(Cl)ccc(S(=O)(=O)N2c3cc(F)c(F)cc3NC(=O)C2CC(=O)NC2CCCCCC2)c1Cl. The number of nitrogens with zero attached hydrogens (tertiary/aromatic N) is 1. The molecule has 0 radical (unpaired) electrons. The Labute approximate surface area is 218 Å². The zero-order valence-electron chi connectivity index (χ0n) is 19.4. The molecule has 2 N–H and O–H groups in total. The van der Waals surface area contributed by atoms with Crippen LogP contribution in [-0.4, -0.2) is 32.3 Å². The normalized spacial score (nSPS) is 18.9. The maximum absolute atomic E-state index is 14.3. The summed E-state index contributed by atoms with van der Waals surface area (Å²) in [4.78, 5) is 25.6. The summed E-state index contributed by atoms with van der Waals surface area (Å²) in [6.07, 6.45) is 5.12. The number of anilines is 2. The largest absolute Gasteiger partial charge is 0.353 e. The molecule has 2 aromatic rings. The van der Waals surface area contributed by atoms with Crippen molar-refractivity contribution < 1.29 is 26.8 Å². The minimum Gasteiger partial charge on any atom is -0.353 e. The Morgan fingerprint density at radius 3 is 2.42 bits per heavy atom. The van der Waals surface area contributed by atoms with E-state index >= 15 is 0 Å². The van der Waals surface area contributed by atoms with Crippen LogP contribution in [0.25, 0.3) is 0 Å². The summed E-state index contributed by atoms with van der Waals surface area (Å²) in [5.41, 5.74) is -0.275. The summed E-state index contributed by atoms with van der Waals surface area (Å²) in [5.74, 6) is -3.96. The highest BCUT2D eigenvalue weighted by Crippen LogP contribution is 2.41. The van der Waals surface area contributed by atoms with Crippen molar-refractivity contribution in [1.29, 1.82) is 0 Å². The zero-order chi connectivity index (χ0) is 26.2. The first-order chi connectivity index (χ1) is 17.0. The lowest BCUT2D eigenvalue weighted by Crippen LogP contribution is -2.53. The summed E-state index contributed by atoms with van der Waals surface area (Å²) in [7, 11) is -4.63. The fraction of sp³-hybridized carbons (Fsp3) is 0.417. The van der Waals surface area contributed by atoms with Gasteiger partial charge in [0, 0.05) is 23.2 Å². The lowest BCUT2D eigenvalue weighted by molar-refractivity contribution is -0.125. The lowest BCUT2D eigenvalue weighted by Gasteiger charge is -2.37. The maximum atomic E-state index is 14.3. The molecular weight excluding hydrogens is 535 g/mol. The lowest BCUT2D eigenvalue weighted by atomic mass is 10.1. The molecule has 1 aliphatic carbocycles. The number of sulfonamides is 1. The van der Waals surface area contributed by atoms with Crippen molar-refractivity contribution >= 4 is 56.4 Å². The van der Waals surface area contributed by atoms with E-state index in [9.17, 15) is 26.8 Å². The van der Waals surface area contributed by atoms with Gasteiger partial charge in [0.25, 0.3) is 10.0 Å². The quantitative estimate of drug-likeness (QED) is 0.484. The standard InChI is InChI=1S/C24H25Cl2F2N3O4S/c1-13-15(25)8-9-21(23(13)26)36(34,35)31-19-11-17(28)16(27)10-18(19)30-24(33)20(31)12-22(32)29-14-6-4-2-3-5-7-14/h8-11,14,20H,2-7,12H2,1H3,(H,29,32)(H,30,33). The van der Waals surface area contributed by atoms with Crippen LogP contribution in [0.3, 0.4) is 0 Å². The second-order valence-electron chi connectivity index (χ2n) is 9.03. The van der Waals surface area contributed by atoms with Gasteiger partial charge < -0.3 is 10.6 Å². The molecule has 0 saturated heterocycles.